The second-order valence-electron chi connectivity index (χ2n) is 6.88. The number of carbonyl (C=O) groups excluding carboxylic acids is 1. The van der Waals surface area contributed by atoms with E-state index in [1.165, 1.54) is 35.8 Å². The maximum Gasteiger partial charge on any atom is 0.418 e. The zero-order valence-electron chi connectivity index (χ0n) is 17.3. The molecule has 3 N–H and O–H groups in total. The Balaban J connectivity index is 0.000000257. The Morgan fingerprint density at radius 1 is 0.879 bits per heavy atom. The summed E-state index contributed by atoms with van der Waals surface area (Å²) in [6.45, 7) is 3.07. The molecule has 3 aromatic rings. The van der Waals surface area contributed by atoms with E-state index in [-0.39, 0.29) is 22.5 Å². The lowest BCUT2D eigenvalue weighted by atomic mass is 10.1. The van der Waals surface area contributed by atoms with Gasteiger partial charge in [-0.05, 0) is 56.3 Å². The van der Waals surface area contributed by atoms with Gasteiger partial charge in [-0.3, -0.25) is 4.79 Å². The minimum Gasteiger partial charge on any atom is -0.478 e. The fourth-order valence-corrected chi connectivity index (χ4v) is 3.08. The molecular formula is C22H18F6N2O3. The van der Waals surface area contributed by atoms with Crippen LogP contribution in [0, 0.1) is 13.8 Å². The molecule has 0 unspecified atom stereocenters. The summed E-state index contributed by atoms with van der Waals surface area (Å²) in [5, 5.41) is 9.04. The smallest absolute Gasteiger partial charge is 0.418 e. The average Bonchev–Trinajstić information content (AvgIpc) is 3.01. The Hall–Kier alpha value is -3.76. The van der Waals surface area contributed by atoms with Crippen LogP contribution in [0.5, 0.6) is 0 Å². The molecule has 0 spiro atoms. The SMILES string of the molecule is Cc1cc(C(=O)O)c(C)n1-c1ccccc1C(F)(F)F.NC(=O)c1ccc(C(F)(F)F)cc1. The van der Waals surface area contributed by atoms with Gasteiger partial charge in [0, 0.05) is 17.0 Å². The normalized spacial score (nSPS) is 11.5. The number of benzene rings is 2. The summed E-state index contributed by atoms with van der Waals surface area (Å²) in [6.07, 6.45) is -8.88. The second kappa shape index (κ2) is 9.39. The summed E-state index contributed by atoms with van der Waals surface area (Å²) in [6, 6.07) is 10.2. The van der Waals surface area contributed by atoms with Crippen LogP contribution in [0.4, 0.5) is 26.3 Å². The van der Waals surface area contributed by atoms with Crippen LogP contribution >= 0.6 is 0 Å². The summed E-state index contributed by atoms with van der Waals surface area (Å²) >= 11 is 0. The number of carboxylic acids is 1. The van der Waals surface area contributed by atoms with Gasteiger partial charge in [0.1, 0.15) is 0 Å². The molecule has 5 nitrogen and oxygen atoms in total. The number of carboxylic acid groups (broad SMARTS) is 1. The van der Waals surface area contributed by atoms with Crippen LogP contribution in [0.3, 0.4) is 0 Å². The first kappa shape index (κ1) is 25.5. The van der Waals surface area contributed by atoms with E-state index in [4.69, 9.17) is 10.8 Å². The van der Waals surface area contributed by atoms with Gasteiger partial charge in [-0.25, -0.2) is 4.79 Å². The number of aryl methyl sites for hydroxylation is 1. The number of nitrogens with two attached hydrogens (primary N) is 1. The van der Waals surface area contributed by atoms with Crippen molar-refractivity contribution in [2.45, 2.75) is 26.2 Å². The second-order valence-corrected chi connectivity index (χ2v) is 6.88. The van der Waals surface area contributed by atoms with Gasteiger partial charge >= 0.3 is 18.3 Å². The van der Waals surface area contributed by atoms with Crippen molar-refractivity contribution in [2.75, 3.05) is 0 Å². The Morgan fingerprint density at radius 3 is 1.85 bits per heavy atom. The molecule has 0 aliphatic carbocycles. The van der Waals surface area contributed by atoms with Crippen LogP contribution in [-0.2, 0) is 12.4 Å². The molecule has 0 atom stereocenters. The number of halogens is 6. The van der Waals surface area contributed by atoms with Crippen molar-refractivity contribution < 1.29 is 41.0 Å². The largest absolute Gasteiger partial charge is 0.478 e. The lowest BCUT2D eigenvalue weighted by molar-refractivity contribution is -0.138. The third-order valence-corrected chi connectivity index (χ3v) is 4.61. The first-order valence-corrected chi connectivity index (χ1v) is 9.20. The highest BCUT2D eigenvalue weighted by Crippen LogP contribution is 2.35. The number of aromatic nitrogens is 1. The van der Waals surface area contributed by atoms with Crippen molar-refractivity contribution in [3.63, 3.8) is 0 Å². The van der Waals surface area contributed by atoms with Crippen molar-refractivity contribution in [1.29, 1.82) is 0 Å². The molecule has 1 amide bonds. The highest BCUT2D eigenvalue weighted by molar-refractivity contribution is 5.92. The molecule has 1 aromatic heterocycles. The number of primary amides is 1. The van der Waals surface area contributed by atoms with Crippen LogP contribution in [0.15, 0.2) is 54.6 Å². The number of alkyl halides is 6. The van der Waals surface area contributed by atoms with E-state index in [1.807, 2.05) is 0 Å². The van der Waals surface area contributed by atoms with Gasteiger partial charge in [-0.15, -0.1) is 0 Å². The minimum atomic E-state index is -4.50. The molecule has 0 aliphatic heterocycles. The van der Waals surface area contributed by atoms with Crippen LogP contribution in [0.1, 0.15) is 43.2 Å². The average molecular weight is 472 g/mol. The number of hydrogen-bond donors (Lipinski definition) is 2. The lowest BCUT2D eigenvalue weighted by Gasteiger charge is -2.16. The molecule has 3 rings (SSSR count). The van der Waals surface area contributed by atoms with E-state index in [1.54, 1.807) is 6.92 Å². The third-order valence-electron chi connectivity index (χ3n) is 4.61. The predicted molar refractivity (Wildman–Crippen MR) is 107 cm³/mol. The predicted octanol–water partition coefficient (Wildman–Crippen LogP) is 5.62. The molecule has 0 aliphatic rings. The van der Waals surface area contributed by atoms with Gasteiger partial charge < -0.3 is 15.4 Å². The molecule has 1 heterocycles. The van der Waals surface area contributed by atoms with Crippen molar-refractivity contribution >= 4 is 11.9 Å². The maximum absolute atomic E-state index is 13.0. The van der Waals surface area contributed by atoms with Crippen LogP contribution < -0.4 is 5.73 Å². The summed E-state index contributed by atoms with van der Waals surface area (Å²) in [5.74, 6) is -1.90. The molecule has 0 fully saturated rings. The first-order chi connectivity index (χ1) is 15.1. The van der Waals surface area contributed by atoms with E-state index >= 15 is 0 Å². The number of nitrogens with zero attached hydrogens (tertiary/aromatic N) is 1. The number of carbonyl (C=O) groups is 2. The van der Waals surface area contributed by atoms with E-state index in [2.05, 4.69) is 0 Å². The molecule has 0 radical (unpaired) electrons. The quantitative estimate of drug-likeness (QED) is 0.486. The molecular weight excluding hydrogens is 454 g/mol. The summed E-state index contributed by atoms with van der Waals surface area (Å²) in [7, 11) is 0. The maximum atomic E-state index is 13.0. The number of rotatable bonds is 3. The number of hydrogen-bond acceptors (Lipinski definition) is 2. The van der Waals surface area contributed by atoms with Crippen molar-refractivity contribution in [2.24, 2.45) is 5.73 Å². The third kappa shape index (κ3) is 5.93. The molecule has 0 saturated heterocycles. The summed E-state index contributed by atoms with van der Waals surface area (Å²) in [5.41, 5.74) is 3.97. The molecule has 0 bridgehead atoms. The standard InChI is InChI=1S/C14H12F3NO2.C8H6F3NO/c1-8-7-10(13(19)20)9(2)18(8)12-6-4-3-5-11(12)14(15,16)17;9-8(10,11)6-3-1-5(2-4-6)7(12)13/h3-7H,1-2H3,(H,19,20);1-4H,(H2,12,13). The zero-order chi connectivity index (χ0) is 25.1. The Labute approximate surface area is 184 Å². The van der Waals surface area contributed by atoms with Gasteiger partial charge in [-0.2, -0.15) is 26.3 Å². The van der Waals surface area contributed by atoms with Crippen molar-refractivity contribution in [1.82, 2.24) is 4.57 Å². The van der Waals surface area contributed by atoms with Gasteiger partial charge in [0.05, 0.1) is 22.4 Å². The van der Waals surface area contributed by atoms with E-state index < -0.39 is 35.4 Å². The number of aromatic carboxylic acids is 1. The van der Waals surface area contributed by atoms with Crippen LogP contribution in [0.2, 0.25) is 0 Å². The monoisotopic (exact) mass is 472 g/mol. The van der Waals surface area contributed by atoms with Crippen LogP contribution in [0.25, 0.3) is 5.69 Å². The van der Waals surface area contributed by atoms with Crippen LogP contribution in [-0.4, -0.2) is 21.6 Å². The summed E-state index contributed by atoms with van der Waals surface area (Å²) in [4.78, 5) is 21.6. The molecule has 11 heteroatoms. The topological polar surface area (TPSA) is 85.3 Å². The van der Waals surface area contributed by atoms with E-state index in [0.29, 0.717) is 5.69 Å². The minimum absolute atomic E-state index is 0.000484. The van der Waals surface area contributed by atoms with Gasteiger partial charge in [0.2, 0.25) is 5.91 Å². The highest BCUT2D eigenvalue weighted by Gasteiger charge is 2.34. The van der Waals surface area contributed by atoms with Gasteiger partial charge in [-0.1, -0.05) is 12.1 Å². The molecule has 33 heavy (non-hydrogen) atoms. The Bertz CT molecular complexity index is 1160. The Kier molecular flexibility index (Phi) is 7.26. The fraction of sp³-hybridized carbons (Fsp3) is 0.182. The molecule has 2 aromatic carbocycles. The lowest BCUT2D eigenvalue weighted by Crippen LogP contribution is -2.12. The van der Waals surface area contributed by atoms with Gasteiger partial charge in [0.15, 0.2) is 0 Å². The highest BCUT2D eigenvalue weighted by atomic mass is 19.4. The van der Waals surface area contributed by atoms with Crippen molar-refractivity contribution in [3.8, 4) is 5.69 Å². The van der Waals surface area contributed by atoms with Crippen molar-refractivity contribution in [3.05, 3.63) is 88.2 Å². The van der Waals surface area contributed by atoms with E-state index in [9.17, 15) is 35.9 Å². The number of para-hydroxylation sites is 1. The summed E-state index contributed by atoms with van der Waals surface area (Å²) < 4.78 is 76.4. The molecule has 0 saturated carbocycles. The van der Waals surface area contributed by atoms with E-state index in [0.717, 1.165) is 30.3 Å². The fourth-order valence-electron chi connectivity index (χ4n) is 3.08. The molecule has 176 valence electrons. The first-order valence-electron chi connectivity index (χ1n) is 9.20. The zero-order valence-corrected chi connectivity index (χ0v) is 17.3. The number of amides is 1. The Morgan fingerprint density at radius 2 is 1.42 bits per heavy atom. The van der Waals surface area contributed by atoms with Gasteiger partial charge in [0.25, 0.3) is 0 Å².